The first-order valence-electron chi connectivity index (χ1n) is 5.78. The van der Waals surface area contributed by atoms with E-state index in [1.807, 2.05) is 39.1 Å². The molecule has 0 fully saturated rings. The average Bonchev–Trinajstić information content (AvgIpc) is 2.61. The van der Waals surface area contributed by atoms with Gasteiger partial charge in [-0.2, -0.15) is 5.10 Å². The van der Waals surface area contributed by atoms with Crippen molar-refractivity contribution in [2.45, 2.75) is 20.3 Å². The molecule has 0 unspecified atom stereocenters. The van der Waals surface area contributed by atoms with E-state index in [0.29, 0.717) is 11.6 Å². The molecule has 0 amide bonds. The van der Waals surface area contributed by atoms with Gasteiger partial charge in [0.25, 0.3) is 0 Å². The SMILES string of the molecule is CCc1nn(C)c(Oc2ccc(Br)c(C)c2)c1N. The maximum atomic E-state index is 6.01. The molecule has 0 aliphatic rings. The fourth-order valence-electron chi connectivity index (χ4n) is 1.75. The molecule has 1 aromatic carbocycles. The number of nitrogens with two attached hydrogens (primary N) is 1. The highest BCUT2D eigenvalue weighted by Gasteiger charge is 2.14. The molecule has 2 aromatic rings. The van der Waals surface area contributed by atoms with Crippen molar-refractivity contribution in [3.8, 4) is 11.6 Å². The van der Waals surface area contributed by atoms with E-state index in [-0.39, 0.29) is 0 Å². The fraction of sp³-hybridized carbons (Fsp3) is 0.308. The van der Waals surface area contributed by atoms with Crippen LogP contribution < -0.4 is 10.5 Å². The van der Waals surface area contributed by atoms with Crippen molar-refractivity contribution in [2.24, 2.45) is 7.05 Å². The van der Waals surface area contributed by atoms with E-state index in [2.05, 4.69) is 21.0 Å². The number of rotatable bonds is 3. The molecular formula is C13H16BrN3O. The van der Waals surface area contributed by atoms with Gasteiger partial charge in [-0.15, -0.1) is 0 Å². The monoisotopic (exact) mass is 309 g/mol. The summed E-state index contributed by atoms with van der Waals surface area (Å²) in [7, 11) is 1.83. The summed E-state index contributed by atoms with van der Waals surface area (Å²) < 4.78 is 8.54. The number of ether oxygens (including phenoxy) is 1. The molecule has 0 spiro atoms. The molecule has 96 valence electrons. The van der Waals surface area contributed by atoms with Crippen LogP contribution >= 0.6 is 15.9 Å². The van der Waals surface area contributed by atoms with Crippen LogP contribution in [0.4, 0.5) is 5.69 Å². The van der Waals surface area contributed by atoms with E-state index in [1.54, 1.807) is 4.68 Å². The first-order valence-corrected chi connectivity index (χ1v) is 6.57. The molecule has 18 heavy (non-hydrogen) atoms. The summed E-state index contributed by atoms with van der Waals surface area (Å²) in [5.74, 6) is 1.35. The summed E-state index contributed by atoms with van der Waals surface area (Å²) >= 11 is 3.46. The second kappa shape index (κ2) is 5.02. The number of aryl methyl sites for hydroxylation is 3. The van der Waals surface area contributed by atoms with Gasteiger partial charge in [0, 0.05) is 11.5 Å². The van der Waals surface area contributed by atoms with Crippen LogP contribution in [0.15, 0.2) is 22.7 Å². The van der Waals surface area contributed by atoms with Crippen molar-refractivity contribution in [3.63, 3.8) is 0 Å². The van der Waals surface area contributed by atoms with Crippen LogP contribution in [-0.4, -0.2) is 9.78 Å². The van der Waals surface area contributed by atoms with Gasteiger partial charge in [0.15, 0.2) is 0 Å². The minimum absolute atomic E-state index is 0.591. The largest absolute Gasteiger partial charge is 0.437 e. The molecule has 0 saturated heterocycles. The second-order valence-electron chi connectivity index (χ2n) is 4.16. The predicted molar refractivity (Wildman–Crippen MR) is 76.0 cm³/mol. The average molecular weight is 310 g/mol. The quantitative estimate of drug-likeness (QED) is 0.945. The topological polar surface area (TPSA) is 53.1 Å². The Morgan fingerprint density at radius 2 is 2.17 bits per heavy atom. The Morgan fingerprint density at radius 1 is 1.44 bits per heavy atom. The van der Waals surface area contributed by atoms with Crippen LogP contribution in [0.5, 0.6) is 11.6 Å². The van der Waals surface area contributed by atoms with Crippen molar-refractivity contribution in [1.29, 1.82) is 0 Å². The van der Waals surface area contributed by atoms with Gasteiger partial charge in [-0.1, -0.05) is 22.9 Å². The third-order valence-corrected chi connectivity index (χ3v) is 3.67. The zero-order valence-electron chi connectivity index (χ0n) is 10.7. The Kier molecular flexibility index (Phi) is 3.61. The van der Waals surface area contributed by atoms with Crippen LogP contribution in [0.3, 0.4) is 0 Å². The highest BCUT2D eigenvalue weighted by Crippen LogP contribution is 2.31. The van der Waals surface area contributed by atoms with Crippen LogP contribution in [0.25, 0.3) is 0 Å². The lowest BCUT2D eigenvalue weighted by atomic mass is 10.2. The maximum Gasteiger partial charge on any atom is 0.241 e. The summed E-state index contributed by atoms with van der Waals surface area (Å²) in [4.78, 5) is 0. The van der Waals surface area contributed by atoms with Crippen LogP contribution in [0.2, 0.25) is 0 Å². The lowest BCUT2D eigenvalue weighted by Crippen LogP contribution is -1.97. The lowest BCUT2D eigenvalue weighted by Gasteiger charge is -2.08. The van der Waals surface area contributed by atoms with E-state index in [0.717, 1.165) is 27.9 Å². The summed E-state index contributed by atoms with van der Waals surface area (Å²) in [5.41, 5.74) is 8.60. The van der Waals surface area contributed by atoms with Gasteiger partial charge >= 0.3 is 0 Å². The second-order valence-corrected chi connectivity index (χ2v) is 5.01. The first-order chi connectivity index (χ1) is 8.52. The number of benzene rings is 1. The Bertz CT molecular complexity index is 578. The predicted octanol–water partition coefficient (Wildman–Crippen LogP) is 3.43. The number of nitrogen functional groups attached to an aromatic ring is 1. The van der Waals surface area contributed by atoms with Gasteiger partial charge in [0.05, 0.1) is 5.69 Å². The molecule has 2 rings (SSSR count). The van der Waals surface area contributed by atoms with Crippen molar-refractivity contribution >= 4 is 21.6 Å². The fourth-order valence-corrected chi connectivity index (χ4v) is 2.00. The van der Waals surface area contributed by atoms with Crippen LogP contribution in [-0.2, 0) is 13.5 Å². The molecule has 2 N–H and O–H groups in total. The number of nitrogens with zero attached hydrogens (tertiary/aromatic N) is 2. The number of anilines is 1. The van der Waals surface area contributed by atoms with Gasteiger partial charge in [-0.25, -0.2) is 4.68 Å². The van der Waals surface area contributed by atoms with Crippen LogP contribution in [0.1, 0.15) is 18.2 Å². The summed E-state index contributed by atoms with van der Waals surface area (Å²) in [6.45, 7) is 4.03. The lowest BCUT2D eigenvalue weighted by molar-refractivity contribution is 0.432. The van der Waals surface area contributed by atoms with Crippen LogP contribution in [0, 0.1) is 6.92 Å². The zero-order valence-corrected chi connectivity index (χ0v) is 12.3. The molecule has 0 radical (unpaired) electrons. The maximum absolute atomic E-state index is 6.01. The molecule has 0 aliphatic carbocycles. The molecule has 0 aliphatic heterocycles. The van der Waals surface area contributed by atoms with E-state index in [4.69, 9.17) is 10.5 Å². The van der Waals surface area contributed by atoms with Gasteiger partial charge in [-0.05, 0) is 37.1 Å². The Balaban J connectivity index is 2.33. The number of hydrogen-bond donors (Lipinski definition) is 1. The molecular weight excluding hydrogens is 294 g/mol. The number of halogens is 1. The van der Waals surface area contributed by atoms with E-state index >= 15 is 0 Å². The minimum Gasteiger partial charge on any atom is -0.437 e. The van der Waals surface area contributed by atoms with Crippen molar-refractivity contribution in [2.75, 3.05) is 5.73 Å². The van der Waals surface area contributed by atoms with E-state index in [9.17, 15) is 0 Å². The number of hydrogen-bond acceptors (Lipinski definition) is 3. The van der Waals surface area contributed by atoms with Crippen molar-refractivity contribution < 1.29 is 4.74 Å². The Labute approximate surface area is 115 Å². The zero-order chi connectivity index (χ0) is 13.3. The van der Waals surface area contributed by atoms with Gasteiger partial charge < -0.3 is 10.5 Å². The third kappa shape index (κ3) is 2.36. The smallest absolute Gasteiger partial charge is 0.241 e. The van der Waals surface area contributed by atoms with Gasteiger partial charge in [-0.3, -0.25) is 0 Å². The normalized spacial score (nSPS) is 10.7. The standard InChI is InChI=1S/C13H16BrN3O/c1-4-11-12(15)13(17(3)16-11)18-9-5-6-10(14)8(2)7-9/h5-7H,4,15H2,1-3H3. The molecule has 1 aromatic heterocycles. The minimum atomic E-state index is 0.591. The first kappa shape index (κ1) is 13.0. The molecule has 0 saturated carbocycles. The highest BCUT2D eigenvalue weighted by atomic mass is 79.9. The summed E-state index contributed by atoms with van der Waals surface area (Å²) in [5, 5.41) is 4.32. The molecule has 0 bridgehead atoms. The Morgan fingerprint density at radius 3 is 2.72 bits per heavy atom. The number of aromatic nitrogens is 2. The van der Waals surface area contributed by atoms with Gasteiger partial charge in [0.1, 0.15) is 11.4 Å². The third-order valence-electron chi connectivity index (χ3n) is 2.78. The summed E-state index contributed by atoms with van der Waals surface area (Å²) in [6.07, 6.45) is 0.794. The molecule has 0 atom stereocenters. The molecule has 4 nitrogen and oxygen atoms in total. The van der Waals surface area contributed by atoms with E-state index < -0.39 is 0 Å². The Hall–Kier alpha value is -1.49. The molecule has 5 heteroatoms. The van der Waals surface area contributed by atoms with Crippen molar-refractivity contribution in [3.05, 3.63) is 33.9 Å². The van der Waals surface area contributed by atoms with Gasteiger partial charge in [0.2, 0.25) is 5.88 Å². The summed E-state index contributed by atoms with van der Waals surface area (Å²) in [6, 6.07) is 5.81. The van der Waals surface area contributed by atoms with E-state index in [1.165, 1.54) is 0 Å². The molecule has 1 heterocycles. The van der Waals surface area contributed by atoms with Crippen molar-refractivity contribution in [1.82, 2.24) is 9.78 Å². The highest BCUT2D eigenvalue weighted by molar-refractivity contribution is 9.10.